The molecule has 0 fully saturated rings. The van der Waals surface area contributed by atoms with E-state index in [-0.39, 0.29) is 5.15 Å². The lowest BCUT2D eigenvalue weighted by Gasteiger charge is -2.14. The number of hydrogen-bond donors (Lipinski definition) is 1. The van der Waals surface area contributed by atoms with Crippen LogP contribution in [-0.4, -0.2) is 19.5 Å². The van der Waals surface area contributed by atoms with Gasteiger partial charge in [0.1, 0.15) is 18.3 Å². The highest BCUT2D eigenvalue weighted by Gasteiger charge is 2.18. The molecular weight excluding hydrogens is 238 g/mol. The topological polar surface area (TPSA) is 69.6 Å². The van der Waals surface area contributed by atoms with Crippen molar-refractivity contribution in [1.82, 2.24) is 19.5 Å². The first-order valence-corrected chi connectivity index (χ1v) is 5.96. The summed E-state index contributed by atoms with van der Waals surface area (Å²) in [4.78, 5) is 12.5. The Morgan fingerprint density at radius 1 is 1.18 bits per heavy atom. The van der Waals surface area contributed by atoms with Gasteiger partial charge < -0.3 is 5.73 Å². The van der Waals surface area contributed by atoms with Gasteiger partial charge in [-0.05, 0) is 25.7 Å². The lowest BCUT2D eigenvalue weighted by Crippen LogP contribution is -2.10. The van der Waals surface area contributed by atoms with Gasteiger partial charge in [-0.2, -0.15) is 0 Å². The van der Waals surface area contributed by atoms with Crippen LogP contribution in [0.15, 0.2) is 12.7 Å². The molecule has 0 atom stereocenters. The Bertz CT molecular complexity index is 563. The van der Waals surface area contributed by atoms with Crippen LogP contribution >= 0.6 is 11.6 Å². The summed E-state index contributed by atoms with van der Waals surface area (Å²) >= 11 is 5.90. The van der Waals surface area contributed by atoms with Crippen LogP contribution in [0.25, 0.3) is 5.82 Å². The van der Waals surface area contributed by atoms with E-state index in [1.54, 1.807) is 6.33 Å². The highest BCUT2D eigenvalue weighted by atomic mass is 35.5. The van der Waals surface area contributed by atoms with Gasteiger partial charge in [0.2, 0.25) is 0 Å². The van der Waals surface area contributed by atoms with E-state index in [2.05, 4.69) is 15.0 Å². The third kappa shape index (κ3) is 1.67. The van der Waals surface area contributed by atoms with Crippen LogP contribution in [0.1, 0.15) is 24.2 Å². The molecule has 2 heterocycles. The summed E-state index contributed by atoms with van der Waals surface area (Å²) in [5, 5.41) is 0.285. The number of anilines is 1. The Morgan fingerprint density at radius 2 is 2.00 bits per heavy atom. The van der Waals surface area contributed by atoms with Crippen LogP contribution in [0, 0.1) is 0 Å². The molecule has 0 radical (unpaired) electrons. The fraction of sp³-hybridized carbons (Fsp3) is 0.364. The molecule has 0 unspecified atom stereocenters. The second-order valence-electron chi connectivity index (χ2n) is 4.12. The fourth-order valence-corrected chi connectivity index (χ4v) is 2.34. The Balaban J connectivity index is 2.15. The highest BCUT2D eigenvalue weighted by Crippen LogP contribution is 2.26. The molecule has 17 heavy (non-hydrogen) atoms. The minimum atomic E-state index is 0.285. The number of fused-ring (bicyclic) bond motifs is 1. The summed E-state index contributed by atoms with van der Waals surface area (Å²) in [5.41, 5.74) is 8.64. The monoisotopic (exact) mass is 249 g/mol. The molecule has 6 heteroatoms. The van der Waals surface area contributed by atoms with Crippen molar-refractivity contribution in [3.63, 3.8) is 0 Å². The van der Waals surface area contributed by atoms with Gasteiger partial charge in [-0.3, -0.25) is 4.57 Å². The second-order valence-corrected chi connectivity index (χ2v) is 4.47. The number of nitrogens with two attached hydrogens (primary N) is 1. The van der Waals surface area contributed by atoms with Crippen molar-refractivity contribution in [3.05, 3.63) is 29.2 Å². The molecule has 2 aromatic heterocycles. The number of rotatable bonds is 1. The van der Waals surface area contributed by atoms with E-state index in [4.69, 9.17) is 17.3 Å². The van der Waals surface area contributed by atoms with Gasteiger partial charge in [-0.25, -0.2) is 15.0 Å². The molecule has 0 amide bonds. The van der Waals surface area contributed by atoms with Gasteiger partial charge in [0.25, 0.3) is 0 Å². The van der Waals surface area contributed by atoms with E-state index in [9.17, 15) is 0 Å². The molecule has 0 aromatic carbocycles. The van der Waals surface area contributed by atoms with Gasteiger partial charge in [-0.1, -0.05) is 11.6 Å². The molecule has 0 bridgehead atoms. The second kappa shape index (κ2) is 4.00. The number of nitrogen functional groups attached to an aromatic ring is 1. The lowest BCUT2D eigenvalue weighted by molar-refractivity contribution is 0.654. The van der Waals surface area contributed by atoms with E-state index < -0.39 is 0 Å². The van der Waals surface area contributed by atoms with Crippen LogP contribution < -0.4 is 5.73 Å². The fourth-order valence-electron chi connectivity index (χ4n) is 2.21. The zero-order chi connectivity index (χ0) is 11.8. The first kappa shape index (κ1) is 10.5. The third-order valence-electron chi connectivity index (χ3n) is 3.07. The Morgan fingerprint density at radius 3 is 2.88 bits per heavy atom. The average Bonchev–Trinajstić information content (AvgIpc) is 2.77. The quantitative estimate of drug-likeness (QED) is 0.782. The van der Waals surface area contributed by atoms with Crippen LogP contribution in [0.2, 0.25) is 5.15 Å². The molecule has 0 saturated heterocycles. The summed E-state index contributed by atoms with van der Waals surface area (Å²) in [6.45, 7) is 0. The molecule has 1 aliphatic rings. The first-order chi connectivity index (χ1) is 8.27. The predicted octanol–water partition coefficient (Wildman–Crippen LogP) is 1.78. The molecule has 2 aromatic rings. The number of aromatic nitrogens is 4. The van der Waals surface area contributed by atoms with Crippen molar-refractivity contribution in [3.8, 4) is 5.82 Å². The standard InChI is InChI=1S/C11H12ClN5/c12-10-9(13)11(15-5-14-10)17-6-16-7-3-1-2-4-8(7)17/h5-6H,1-4,13H2. The largest absolute Gasteiger partial charge is 0.393 e. The molecule has 88 valence electrons. The molecule has 0 spiro atoms. The Labute approximate surface area is 104 Å². The van der Waals surface area contributed by atoms with E-state index in [0.717, 1.165) is 18.5 Å². The summed E-state index contributed by atoms with van der Waals surface area (Å²) in [5.74, 6) is 0.626. The van der Waals surface area contributed by atoms with Crippen LogP contribution in [0.3, 0.4) is 0 Å². The molecule has 0 aliphatic heterocycles. The number of halogens is 1. The van der Waals surface area contributed by atoms with E-state index in [1.807, 2.05) is 4.57 Å². The van der Waals surface area contributed by atoms with Crippen molar-refractivity contribution in [2.45, 2.75) is 25.7 Å². The van der Waals surface area contributed by atoms with Gasteiger partial charge in [0.15, 0.2) is 11.0 Å². The molecular formula is C11H12ClN5. The Kier molecular flexibility index (Phi) is 2.48. The number of hydrogen-bond acceptors (Lipinski definition) is 4. The van der Waals surface area contributed by atoms with Gasteiger partial charge in [0, 0.05) is 5.69 Å². The summed E-state index contributed by atoms with van der Waals surface area (Å²) < 4.78 is 1.93. The summed E-state index contributed by atoms with van der Waals surface area (Å²) in [7, 11) is 0. The summed E-state index contributed by atoms with van der Waals surface area (Å²) in [6.07, 6.45) is 7.60. The van der Waals surface area contributed by atoms with E-state index in [0.29, 0.717) is 11.5 Å². The van der Waals surface area contributed by atoms with E-state index >= 15 is 0 Å². The molecule has 2 N–H and O–H groups in total. The maximum Gasteiger partial charge on any atom is 0.166 e. The van der Waals surface area contributed by atoms with E-state index in [1.165, 1.54) is 24.9 Å². The van der Waals surface area contributed by atoms with Crippen LogP contribution in [0.5, 0.6) is 0 Å². The third-order valence-corrected chi connectivity index (χ3v) is 3.37. The zero-order valence-electron chi connectivity index (χ0n) is 9.23. The zero-order valence-corrected chi connectivity index (χ0v) is 9.98. The maximum absolute atomic E-state index is 5.90. The lowest BCUT2D eigenvalue weighted by atomic mass is 10.0. The molecule has 3 rings (SSSR count). The van der Waals surface area contributed by atoms with Gasteiger partial charge >= 0.3 is 0 Å². The van der Waals surface area contributed by atoms with Gasteiger partial charge in [0.05, 0.1) is 5.69 Å². The maximum atomic E-state index is 5.90. The molecule has 5 nitrogen and oxygen atoms in total. The van der Waals surface area contributed by atoms with Crippen molar-refractivity contribution in [1.29, 1.82) is 0 Å². The van der Waals surface area contributed by atoms with Crippen molar-refractivity contribution >= 4 is 17.3 Å². The van der Waals surface area contributed by atoms with Crippen molar-refractivity contribution in [2.24, 2.45) is 0 Å². The predicted molar refractivity (Wildman–Crippen MR) is 65.2 cm³/mol. The summed E-state index contributed by atoms with van der Waals surface area (Å²) in [6, 6.07) is 0. The Hall–Kier alpha value is -1.62. The first-order valence-electron chi connectivity index (χ1n) is 5.59. The normalized spacial score (nSPS) is 14.6. The van der Waals surface area contributed by atoms with Crippen LogP contribution in [-0.2, 0) is 12.8 Å². The molecule has 0 saturated carbocycles. The smallest absolute Gasteiger partial charge is 0.166 e. The van der Waals surface area contributed by atoms with Crippen molar-refractivity contribution in [2.75, 3.05) is 5.73 Å². The van der Waals surface area contributed by atoms with Crippen molar-refractivity contribution < 1.29 is 0 Å². The minimum absolute atomic E-state index is 0.285. The number of aryl methyl sites for hydroxylation is 1. The molecule has 1 aliphatic carbocycles. The highest BCUT2D eigenvalue weighted by molar-refractivity contribution is 6.32. The minimum Gasteiger partial charge on any atom is -0.393 e. The number of nitrogens with zero attached hydrogens (tertiary/aromatic N) is 4. The SMILES string of the molecule is Nc1c(Cl)ncnc1-n1cnc2c1CCCC2. The average molecular weight is 250 g/mol. The van der Waals surface area contributed by atoms with Gasteiger partial charge in [-0.15, -0.1) is 0 Å². The van der Waals surface area contributed by atoms with Crippen LogP contribution in [0.4, 0.5) is 5.69 Å². The number of imidazole rings is 1.